The Balaban J connectivity index is 0.000000810. The molecule has 0 aliphatic carbocycles. The summed E-state index contributed by atoms with van der Waals surface area (Å²) in [5.74, 6) is 0. The van der Waals surface area contributed by atoms with Crippen molar-refractivity contribution in [2.45, 2.75) is 6.04 Å². The molecule has 1 heterocycles. The Morgan fingerprint density at radius 3 is 2.80 bits per heavy atom. The molecule has 0 radical (unpaired) electrons. The Morgan fingerprint density at radius 2 is 2.40 bits per heavy atom. The van der Waals surface area contributed by atoms with Gasteiger partial charge < -0.3 is 11.5 Å². The van der Waals surface area contributed by atoms with Crippen LogP contribution in [0.2, 0.25) is 0 Å². The summed E-state index contributed by atoms with van der Waals surface area (Å²) in [5, 5.41) is 3.30. The number of rotatable bonds is 1. The van der Waals surface area contributed by atoms with Gasteiger partial charge in [-0.25, -0.2) is 0 Å². The van der Waals surface area contributed by atoms with Gasteiger partial charge in [0, 0.05) is 25.7 Å². The lowest BCUT2D eigenvalue weighted by Crippen LogP contribution is -2.48. The third kappa shape index (κ3) is 2.10. The Labute approximate surface area is 62.7 Å². The van der Waals surface area contributed by atoms with Crippen molar-refractivity contribution >= 4 is 0 Å². The maximum atomic E-state index is 3.75. The lowest BCUT2D eigenvalue weighted by atomic mass is 10.2. The van der Waals surface area contributed by atoms with Crippen LogP contribution in [0.25, 0.3) is 0 Å². The molecule has 1 aliphatic heterocycles. The first-order valence-electron chi connectivity index (χ1n) is 3.38. The average molecular weight is 143 g/mol. The summed E-state index contributed by atoms with van der Waals surface area (Å²) in [6.07, 6.45) is 1.99. The van der Waals surface area contributed by atoms with Crippen LogP contribution >= 0.6 is 0 Å². The minimum atomic E-state index is 0. The zero-order valence-electron chi connectivity index (χ0n) is 6.64. The number of likely N-dealkylation sites (N-methyl/N-ethyl adjacent to an activating group) is 1. The van der Waals surface area contributed by atoms with Gasteiger partial charge in [-0.2, -0.15) is 0 Å². The first-order chi connectivity index (χ1) is 4.34. The molecular weight excluding hydrogens is 126 g/mol. The van der Waals surface area contributed by atoms with Crippen LogP contribution in [0.15, 0.2) is 12.7 Å². The molecule has 1 aliphatic rings. The monoisotopic (exact) mass is 143 g/mol. The van der Waals surface area contributed by atoms with Gasteiger partial charge in [0.05, 0.1) is 0 Å². The van der Waals surface area contributed by atoms with E-state index in [2.05, 4.69) is 23.8 Å². The van der Waals surface area contributed by atoms with Crippen LogP contribution in [0.5, 0.6) is 0 Å². The average Bonchev–Trinajstić information content (AvgIpc) is 1.89. The molecule has 0 aromatic heterocycles. The summed E-state index contributed by atoms with van der Waals surface area (Å²) < 4.78 is 0. The molecule has 0 aromatic carbocycles. The molecule has 0 saturated carbocycles. The van der Waals surface area contributed by atoms with Crippen molar-refractivity contribution in [1.29, 1.82) is 0 Å². The zero-order valence-corrected chi connectivity index (χ0v) is 6.64. The fourth-order valence-corrected chi connectivity index (χ4v) is 1.09. The van der Waals surface area contributed by atoms with Crippen LogP contribution in [0.1, 0.15) is 0 Å². The van der Waals surface area contributed by atoms with Gasteiger partial charge in [0.25, 0.3) is 0 Å². The van der Waals surface area contributed by atoms with E-state index in [1.807, 2.05) is 6.08 Å². The summed E-state index contributed by atoms with van der Waals surface area (Å²) in [7, 11) is 2.13. The van der Waals surface area contributed by atoms with Crippen LogP contribution in [0.3, 0.4) is 0 Å². The second-order valence-corrected chi connectivity index (χ2v) is 2.49. The Kier molecular flexibility index (Phi) is 4.27. The molecule has 3 nitrogen and oxygen atoms in total. The summed E-state index contributed by atoms with van der Waals surface area (Å²) >= 11 is 0. The number of hydrogen-bond acceptors (Lipinski definition) is 3. The molecule has 1 rings (SSSR count). The highest BCUT2D eigenvalue weighted by Gasteiger charge is 2.13. The molecule has 0 amide bonds. The Bertz CT molecular complexity index is 103. The molecule has 0 bridgehead atoms. The molecule has 3 heteroatoms. The van der Waals surface area contributed by atoms with Gasteiger partial charge in [-0.3, -0.25) is 4.90 Å². The van der Waals surface area contributed by atoms with E-state index < -0.39 is 0 Å². The molecule has 1 saturated heterocycles. The van der Waals surface area contributed by atoms with Crippen LogP contribution < -0.4 is 11.5 Å². The number of nitrogens with zero attached hydrogens (tertiary/aromatic N) is 1. The molecule has 60 valence electrons. The van der Waals surface area contributed by atoms with Crippen LogP contribution in [-0.2, 0) is 0 Å². The van der Waals surface area contributed by atoms with E-state index in [4.69, 9.17) is 0 Å². The Hall–Kier alpha value is -0.380. The minimum absolute atomic E-state index is 0. The number of nitrogens with one attached hydrogen (secondary N) is 1. The van der Waals surface area contributed by atoms with Gasteiger partial charge in [-0.05, 0) is 7.05 Å². The largest absolute Gasteiger partial charge is 0.344 e. The zero-order chi connectivity index (χ0) is 6.69. The second-order valence-electron chi connectivity index (χ2n) is 2.49. The molecule has 1 fully saturated rings. The van der Waals surface area contributed by atoms with Gasteiger partial charge in [0.2, 0.25) is 0 Å². The molecule has 0 spiro atoms. The van der Waals surface area contributed by atoms with Gasteiger partial charge >= 0.3 is 0 Å². The molecule has 1 atom stereocenters. The van der Waals surface area contributed by atoms with Crippen molar-refractivity contribution in [3.05, 3.63) is 12.7 Å². The Morgan fingerprint density at radius 1 is 1.70 bits per heavy atom. The van der Waals surface area contributed by atoms with E-state index in [0.717, 1.165) is 19.6 Å². The van der Waals surface area contributed by atoms with Gasteiger partial charge in [-0.15, -0.1) is 6.58 Å². The number of piperazine rings is 1. The highest BCUT2D eigenvalue weighted by atomic mass is 15.2. The van der Waals surface area contributed by atoms with E-state index in [-0.39, 0.29) is 6.15 Å². The molecule has 1 unspecified atom stereocenters. The summed E-state index contributed by atoms with van der Waals surface area (Å²) in [5.41, 5.74) is 0. The fraction of sp³-hybridized carbons (Fsp3) is 0.714. The van der Waals surface area contributed by atoms with Crippen molar-refractivity contribution in [3.8, 4) is 0 Å². The lowest BCUT2D eigenvalue weighted by Gasteiger charge is -2.30. The summed E-state index contributed by atoms with van der Waals surface area (Å²) in [6, 6.07) is 0.541. The van der Waals surface area contributed by atoms with E-state index in [1.165, 1.54) is 0 Å². The third-order valence-corrected chi connectivity index (χ3v) is 1.83. The quantitative estimate of drug-likeness (QED) is 0.517. The smallest absolute Gasteiger partial charge is 0.0398 e. The molecule has 0 aromatic rings. The van der Waals surface area contributed by atoms with Crippen molar-refractivity contribution in [2.75, 3.05) is 26.7 Å². The van der Waals surface area contributed by atoms with Crippen molar-refractivity contribution < 1.29 is 0 Å². The molecule has 4 N–H and O–H groups in total. The van der Waals surface area contributed by atoms with Crippen LogP contribution in [0.4, 0.5) is 0 Å². The first-order valence-corrected chi connectivity index (χ1v) is 3.38. The third-order valence-electron chi connectivity index (χ3n) is 1.83. The van der Waals surface area contributed by atoms with E-state index >= 15 is 0 Å². The minimum Gasteiger partial charge on any atom is -0.344 e. The summed E-state index contributed by atoms with van der Waals surface area (Å²) in [4.78, 5) is 2.31. The predicted octanol–water partition coefficient (Wildman–Crippen LogP) is 0.238. The summed E-state index contributed by atoms with van der Waals surface area (Å²) in [6.45, 7) is 7.06. The van der Waals surface area contributed by atoms with Crippen LogP contribution in [-0.4, -0.2) is 37.6 Å². The standard InChI is InChI=1S/C7H14N2.H3N/c1-3-7-6-8-4-5-9(7)2;/h3,7-8H,1,4-6H2,2H3;1H3. The second kappa shape index (κ2) is 4.44. The van der Waals surface area contributed by atoms with Crippen LogP contribution in [0, 0.1) is 0 Å². The molecular formula is C7H17N3. The highest BCUT2D eigenvalue weighted by molar-refractivity contribution is 4.90. The van der Waals surface area contributed by atoms with Crippen molar-refractivity contribution in [3.63, 3.8) is 0 Å². The maximum absolute atomic E-state index is 3.75. The highest BCUT2D eigenvalue weighted by Crippen LogP contribution is 1.98. The first kappa shape index (κ1) is 9.62. The van der Waals surface area contributed by atoms with E-state index in [9.17, 15) is 0 Å². The topological polar surface area (TPSA) is 50.3 Å². The SMILES string of the molecule is C=CC1CNCCN1C.N. The fourth-order valence-electron chi connectivity index (χ4n) is 1.09. The maximum Gasteiger partial charge on any atom is 0.0398 e. The predicted molar refractivity (Wildman–Crippen MR) is 44.5 cm³/mol. The van der Waals surface area contributed by atoms with Gasteiger partial charge in [0.15, 0.2) is 0 Å². The normalized spacial score (nSPS) is 27.1. The number of hydrogen-bond donors (Lipinski definition) is 2. The molecule has 10 heavy (non-hydrogen) atoms. The van der Waals surface area contributed by atoms with Crippen molar-refractivity contribution in [2.24, 2.45) is 0 Å². The van der Waals surface area contributed by atoms with E-state index in [1.54, 1.807) is 0 Å². The van der Waals surface area contributed by atoms with E-state index in [0.29, 0.717) is 6.04 Å². The van der Waals surface area contributed by atoms with Gasteiger partial charge in [-0.1, -0.05) is 6.08 Å². The van der Waals surface area contributed by atoms with Crippen molar-refractivity contribution in [1.82, 2.24) is 16.4 Å². The lowest BCUT2D eigenvalue weighted by molar-refractivity contribution is 0.237. The van der Waals surface area contributed by atoms with Gasteiger partial charge in [0.1, 0.15) is 0 Å².